The molecule has 0 N–H and O–H groups in total. The minimum atomic E-state index is -2.73. The van der Waals surface area contributed by atoms with Gasteiger partial charge < -0.3 is 0 Å². The van der Waals surface area contributed by atoms with Gasteiger partial charge in [0, 0.05) is 17.7 Å². The predicted octanol–water partition coefficient (Wildman–Crippen LogP) is 4.86. The van der Waals surface area contributed by atoms with Crippen molar-refractivity contribution in [2.75, 3.05) is 7.05 Å². The fraction of sp³-hybridized carbons (Fsp3) is 0.118. The van der Waals surface area contributed by atoms with E-state index in [0.717, 1.165) is 12.1 Å². The Hall–Kier alpha value is -2.54. The zero-order valence-electron chi connectivity index (χ0n) is 12.5. The van der Waals surface area contributed by atoms with Gasteiger partial charge >= 0.3 is 0 Å². The van der Waals surface area contributed by atoms with Gasteiger partial charge in [-0.05, 0) is 23.8 Å². The molecule has 1 atom stereocenters. The number of quaternary nitrogens is 1. The Kier molecular flexibility index (Phi) is 3.96. The highest BCUT2D eigenvalue weighted by atomic mass is 19.3. The molecular formula is C17H12F5N2+. The van der Waals surface area contributed by atoms with E-state index in [-0.39, 0.29) is 15.9 Å². The van der Waals surface area contributed by atoms with Gasteiger partial charge in [-0.25, -0.2) is 22.0 Å². The fourth-order valence-corrected chi connectivity index (χ4v) is 2.60. The van der Waals surface area contributed by atoms with Gasteiger partial charge in [-0.1, -0.05) is 17.2 Å². The first-order valence-electron chi connectivity index (χ1n) is 7.00. The molecule has 1 heterocycles. The van der Waals surface area contributed by atoms with Crippen molar-refractivity contribution in [1.82, 2.24) is 4.59 Å². The van der Waals surface area contributed by atoms with E-state index in [1.165, 1.54) is 12.3 Å². The average Bonchev–Trinajstić information content (AvgIpc) is 2.96. The SMILES string of the molecule is C[N+]1(c2ccccc2-c2cc(F)c(F)c(F)c2)C=CC(C(F)F)=N1. The lowest BCUT2D eigenvalue weighted by Gasteiger charge is -2.23. The number of hydrogen-bond donors (Lipinski definition) is 0. The predicted molar refractivity (Wildman–Crippen MR) is 82.0 cm³/mol. The second kappa shape index (κ2) is 5.83. The third-order valence-corrected chi connectivity index (χ3v) is 3.77. The number of halogens is 5. The molecule has 0 spiro atoms. The van der Waals surface area contributed by atoms with E-state index in [4.69, 9.17) is 0 Å². The molecule has 1 unspecified atom stereocenters. The minimum absolute atomic E-state index is 0.0930. The number of benzene rings is 2. The summed E-state index contributed by atoms with van der Waals surface area (Å²) in [5.41, 5.74) is 0.496. The third kappa shape index (κ3) is 2.71. The fourth-order valence-electron chi connectivity index (χ4n) is 2.60. The molecule has 124 valence electrons. The molecule has 0 bridgehead atoms. The summed E-state index contributed by atoms with van der Waals surface area (Å²) in [5.74, 6) is -4.21. The summed E-state index contributed by atoms with van der Waals surface area (Å²) in [4.78, 5) is 0. The maximum Gasteiger partial charge on any atom is 0.285 e. The Morgan fingerprint density at radius 2 is 1.62 bits per heavy atom. The molecule has 1 aliphatic heterocycles. The van der Waals surface area contributed by atoms with Gasteiger partial charge in [0.25, 0.3) is 6.43 Å². The third-order valence-electron chi connectivity index (χ3n) is 3.77. The van der Waals surface area contributed by atoms with Crippen LogP contribution < -0.4 is 4.59 Å². The maximum atomic E-state index is 13.5. The first-order chi connectivity index (χ1) is 11.3. The Balaban J connectivity index is 2.16. The van der Waals surface area contributed by atoms with Crippen LogP contribution in [0.25, 0.3) is 11.1 Å². The molecule has 7 heteroatoms. The molecule has 0 radical (unpaired) electrons. The summed E-state index contributed by atoms with van der Waals surface area (Å²) in [5, 5.41) is 3.97. The van der Waals surface area contributed by atoms with Crippen molar-refractivity contribution < 1.29 is 22.0 Å². The van der Waals surface area contributed by atoms with Crippen LogP contribution in [0, 0.1) is 17.5 Å². The van der Waals surface area contributed by atoms with Crippen molar-refractivity contribution in [2.45, 2.75) is 6.43 Å². The Labute approximate surface area is 134 Å². The summed E-state index contributed by atoms with van der Waals surface area (Å²) in [7, 11) is 1.56. The number of nitrogens with zero attached hydrogens (tertiary/aromatic N) is 2. The lowest BCUT2D eigenvalue weighted by molar-refractivity contribution is 0.225. The van der Waals surface area contributed by atoms with Gasteiger partial charge in [0.05, 0.1) is 0 Å². The van der Waals surface area contributed by atoms with Crippen molar-refractivity contribution in [2.24, 2.45) is 5.10 Å². The van der Waals surface area contributed by atoms with Crippen LogP contribution in [0.15, 0.2) is 53.8 Å². The second-order valence-electron chi connectivity index (χ2n) is 5.44. The Bertz CT molecular complexity index is 837. The van der Waals surface area contributed by atoms with Crippen LogP contribution in [0.1, 0.15) is 0 Å². The van der Waals surface area contributed by atoms with E-state index in [1.54, 1.807) is 31.3 Å². The number of allylic oxidation sites excluding steroid dienone is 1. The van der Waals surface area contributed by atoms with E-state index < -0.39 is 23.9 Å². The summed E-state index contributed by atoms with van der Waals surface area (Å²) < 4.78 is 65.6. The summed E-state index contributed by atoms with van der Waals surface area (Å²) in [6.07, 6.45) is -0.0850. The van der Waals surface area contributed by atoms with Gasteiger partial charge in [0.15, 0.2) is 28.9 Å². The molecule has 0 aliphatic carbocycles. The molecule has 2 aromatic carbocycles. The number of alkyl halides is 2. The first-order valence-corrected chi connectivity index (χ1v) is 7.00. The summed E-state index contributed by atoms with van der Waals surface area (Å²) >= 11 is 0. The molecule has 2 aromatic rings. The van der Waals surface area contributed by atoms with Crippen LogP contribution in [0.4, 0.5) is 27.6 Å². The highest BCUT2D eigenvalue weighted by Crippen LogP contribution is 2.37. The molecule has 0 amide bonds. The van der Waals surface area contributed by atoms with Gasteiger partial charge in [0.1, 0.15) is 13.2 Å². The first kappa shape index (κ1) is 16.3. The van der Waals surface area contributed by atoms with Crippen molar-refractivity contribution in [3.63, 3.8) is 0 Å². The molecule has 0 saturated carbocycles. The van der Waals surface area contributed by atoms with Crippen LogP contribution in [0.5, 0.6) is 0 Å². The van der Waals surface area contributed by atoms with Gasteiger partial charge in [0.2, 0.25) is 0 Å². The molecule has 0 fully saturated rings. The van der Waals surface area contributed by atoms with Crippen LogP contribution in [-0.4, -0.2) is 19.2 Å². The smallest absolute Gasteiger partial charge is 0.204 e. The standard InChI is InChI=1S/C17H12F5N2/c1-24(7-6-14(23-24)17(21)22)15-5-3-2-4-11(15)10-8-12(18)16(20)13(19)9-10/h2-9,17H,1H3/q+1. The molecule has 3 rings (SSSR count). The van der Waals surface area contributed by atoms with Crippen molar-refractivity contribution in [1.29, 1.82) is 0 Å². The zero-order valence-corrected chi connectivity index (χ0v) is 12.5. The summed E-state index contributed by atoms with van der Waals surface area (Å²) in [6, 6.07) is 8.18. The van der Waals surface area contributed by atoms with Crippen LogP contribution in [0.2, 0.25) is 0 Å². The molecule has 0 aromatic heterocycles. The average molecular weight is 339 g/mol. The van der Waals surface area contributed by atoms with Crippen LogP contribution in [-0.2, 0) is 0 Å². The van der Waals surface area contributed by atoms with E-state index in [1.807, 2.05) is 0 Å². The van der Waals surface area contributed by atoms with E-state index in [0.29, 0.717) is 11.3 Å². The number of hydrogen-bond acceptors (Lipinski definition) is 1. The van der Waals surface area contributed by atoms with Crippen LogP contribution in [0.3, 0.4) is 0 Å². The lowest BCUT2D eigenvalue weighted by Crippen LogP contribution is -2.31. The molecule has 1 aliphatic rings. The highest BCUT2D eigenvalue weighted by molar-refractivity contribution is 6.00. The summed E-state index contributed by atoms with van der Waals surface area (Å²) in [6.45, 7) is 0. The Morgan fingerprint density at radius 1 is 1.00 bits per heavy atom. The largest absolute Gasteiger partial charge is 0.285 e. The number of rotatable bonds is 3. The van der Waals surface area contributed by atoms with Crippen molar-refractivity contribution in [3.8, 4) is 11.1 Å². The minimum Gasteiger partial charge on any atom is -0.204 e. The van der Waals surface area contributed by atoms with Gasteiger partial charge in [-0.3, -0.25) is 0 Å². The van der Waals surface area contributed by atoms with E-state index in [9.17, 15) is 22.0 Å². The molecule has 0 saturated heterocycles. The molecule has 24 heavy (non-hydrogen) atoms. The lowest BCUT2D eigenvalue weighted by atomic mass is 10.0. The zero-order chi connectivity index (χ0) is 17.5. The van der Waals surface area contributed by atoms with E-state index in [2.05, 4.69) is 5.10 Å². The van der Waals surface area contributed by atoms with Gasteiger partial charge in [-0.2, -0.15) is 0 Å². The quantitative estimate of drug-likeness (QED) is 0.430. The van der Waals surface area contributed by atoms with Gasteiger partial charge in [-0.15, -0.1) is 4.59 Å². The van der Waals surface area contributed by atoms with Crippen molar-refractivity contribution in [3.05, 3.63) is 66.1 Å². The normalized spacial score (nSPS) is 19.9. The second-order valence-corrected chi connectivity index (χ2v) is 5.44. The highest BCUT2D eigenvalue weighted by Gasteiger charge is 2.33. The maximum absolute atomic E-state index is 13.5. The van der Waals surface area contributed by atoms with E-state index >= 15 is 0 Å². The molecular weight excluding hydrogens is 327 g/mol. The topological polar surface area (TPSA) is 12.4 Å². The van der Waals surface area contributed by atoms with Crippen molar-refractivity contribution >= 4 is 11.4 Å². The Morgan fingerprint density at radius 3 is 2.21 bits per heavy atom. The monoisotopic (exact) mass is 339 g/mol. The molecule has 2 nitrogen and oxygen atoms in total. The van der Waals surface area contributed by atoms with Crippen LogP contribution >= 0.6 is 0 Å². The number of para-hydroxylation sites is 1.